The van der Waals surface area contributed by atoms with Gasteiger partial charge in [0.15, 0.2) is 0 Å². The van der Waals surface area contributed by atoms with Crippen LogP contribution in [0.4, 0.5) is 4.39 Å². The van der Waals surface area contributed by atoms with Crippen molar-refractivity contribution in [3.63, 3.8) is 0 Å². The third kappa shape index (κ3) is 5.70. The lowest BCUT2D eigenvalue weighted by molar-refractivity contribution is -0.146. The minimum atomic E-state index is -0.537. The predicted molar refractivity (Wildman–Crippen MR) is 70.6 cm³/mol. The first-order chi connectivity index (χ1) is 9.02. The quantitative estimate of drug-likeness (QED) is 0.770. The standard InChI is InChI=1S/C14H20FNO3/c1-4-18-14(17)13(16-10(2)3)9-19-12-7-5-11(15)6-8-12/h5-8,10,13,16H,4,9H2,1-3H3. The van der Waals surface area contributed by atoms with Crippen LogP contribution in [0.1, 0.15) is 20.8 Å². The van der Waals surface area contributed by atoms with E-state index in [2.05, 4.69) is 5.32 Å². The number of carbonyl (C=O) groups is 1. The SMILES string of the molecule is CCOC(=O)C(COc1ccc(F)cc1)NC(C)C. The van der Waals surface area contributed by atoms with Crippen molar-refractivity contribution < 1.29 is 18.7 Å². The smallest absolute Gasteiger partial charge is 0.326 e. The molecule has 0 saturated heterocycles. The molecule has 0 heterocycles. The average Bonchev–Trinajstić information content (AvgIpc) is 2.36. The maximum Gasteiger partial charge on any atom is 0.326 e. The molecule has 0 aromatic heterocycles. The Morgan fingerprint density at radius 2 is 1.95 bits per heavy atom. The van der Waals surface area contributed by atoms with Crippen LogP contribution in [0.5, 0.6) is 5.75 Å². The summed E-state index contributed by atoms with van der Waals surface area (Å²) in [5, 5.41) is 3.07. The fourth-order valence-electron chi connectivity index (χ4n) is 1.54. The van der Waals surface area contributed by atoms with E-state index in [0.29, 0.717) is 12.4 Å². The van der Waals surface area contributed by atoms with Gasteiger partial charge in [0.05, 0.1) is 6.61 Å². The molecule has 4 nitrogen and oxygen atoms in total. The van der Waals surface area contributed by atoms with E-state index >= 15 is 0 Å². The fourth-order valence-corrected chi connectivity index (χ4v) is 1.54. The Morgan fingerprint density at radius 3 is 2.47 bits per heavy atom. The van der Waals surface area contributed by atoms with Gasteiger partial charge in [0.2, 0.25) is 0 Å². The lowest BCUT2D eigenvalue weighted by Crippen LogP contribution is -2.45. The van der Waals surface area contributed by atoms with Crippen molar-refractivity contribution in [2.24, 2.45) is 0 Å². The summed E-state index contributed by atoms with van der Waals surface area (Å²) in [6.45, 7) is 6.09. The van der Waals surface area contributed by atoms with Crippen LogP contribution < -0.4 is 10.1 Å². The van der Waals surface area contributed by atoms with Gasteiger partial charge in [-0.2, -0.15) is 0 Å². The summed E-state index contributed by atoms with van der Waals surface area (Å²) in [6.07, 6.45) is 0. The van der Waals surface area contributed by atoms with Crippen LogP contribution in [-0.4, -0.2) is 31.3 Å². The average molecular weight is 269 g/mol. The zero-order valence-electron chi connectivity index (χ0n) is 11.5. The molecule has 1 rings (SSSR count). The molecule has 0 saturated carbocycles. The molecule has 0 fully saturated rings. The molecule has 0 aliphatic heterocycles. The molecule has 1 unspecified atom stereocenters. The molecular formula is C14H20FNO3. The minimum Gasteiger partial charge on any atom is -0.491 e. The highest BCUT2D eigenvalue weighted by atomic mass is 19.1. The van der Waals surface area contributed by atoms with E-state index in [1.807, 2.05) is 13.8 Å². The van der Waals surface area contributed by atoms with Gasteiger partial charge < -0.3 is 9.47 Å². The normalized spacial score (nSPS) is 12.3. The maximum absolute atomic E-state index is 12.7. The summed E-state index contributed by atoms with van der Waals surface area (Å²) in [5.41, 5.74) is 0. The third-order valence-corrected chi connectivity index (χ3v) is 2.34. The Bertz CT molecular complexity index is 392. The second kappa shape index (κ2) is 7.74. The molecule has 0 radical (unpaired) electrons. The lowest BCUT2D eigenvalue weighted by atomic mass is 10.2. The molecular weight excluding hydrogens is 249 g/mol. The number of hydrogen-bond acceptors (Lipinski definition) is 4. The Labute approximate surface area is 112 Å². The van der Waals surface area contributed by atoms with Crippen LogP contribution in [0.3, 0.4) is 0 Å². The molecule has 0 aliphatic rings. The predicted octanol–water partition coefficient (Wildman–Crippen LogP) is 2.13. The highest BCUT2D eigenvalue weighted by Crippen LogP contribution is 2.11. The Morgan fingerprint density at radius 1 is 1.32 bits per heavy atom. The van der Waals surface area contributed by atoms with Gasteiger partial charge in [-0.1, -0.05) is 13.8 Å². The van der Waals surface area contributed by atoms with Gasteiger partial charge in [0.1, 0.15) is 24.2 Å². The first kappa shape index (κ1) is 15.4. The van der Waals surface area contributed by atoms with Crippen molar-refractivity contribution >= 4 is 5.97 Å². The Hall–Kier alpha value is -1.62. The summed E-state index contributed by atoms with van der Waals surface area (Å²) in [7, 11) is 0. The van der Waals surface area contributed by atoms with Crippen LogP contribution in [0, 0.1) is 5.82 Å². The number of hydrogen-bond donors (Lipinski definition) is 1. The number of carbonyl (C=O) groups excluding carboxylic acids is 1. The van der Waals surface area contributed by atoms with Crippen molar-refractivity contribution in [1.82, 2.24) is 5.32 Å². The first-order valence-electron chi connectivity index (χ1n) is 6.34. The van der Waals surface area contributed by atoms with E-state index in [1.54, 1.807) is 6.92 Å². The van der Waals surface area contributed by atoms with Gasteiger partial charge in [-0.3, -0.25) is 10.1 Å². The molecule has 1 atom stereocenters. The van der Waals surface area contributed by atoms with Crippen LogP contribution in [0.15, 0.2) is 24.3 Å². The number of ether oxygens (including phenoxy) is 2. The fraction of sp³-hybridized carbons (Fsp3) is 0.500. The van der Waals surface area contributed by atoms with E-state index in [0.717, 1.165) is 0 Å². The second-order valence-electron chi connectivity index (χ2n) is 4.39. The molecule has 1 aromatic rings. The molecule has 0 amide bonds. The third-order valence-electron chi connectivity index (χ3n) is 2.34. The van der Waals surface area contributed by atoms with Gasteiger partial charge in [0, 0.05) is 6.04 Å². The van der Waals surface area contributed by atoms with Crippen molar-refractivity contribution in [1.29, 1.82) is 0 Å². The number of rotatable bonds is 7. The molecule has 106 valence electrons. The van der Waals surface area contributed by atoms with Gasteiger partial charge in [0.25, 0.3) is 0 Å². The Balaban J connectivity index is 2.56. The highest BCUT2D eigenvalue weighted by molar-refractivity contribution is 5.76. The largest absolute Gasteiger partial charge is 0.491 e. The maximum atomic E-state index is 12.7. The van der Waals surface area contributed by atoms with Gasteiger partial charge in [-0.25, -0.2) is 4.39 Å². The van der Waals surface area contributed by atoms with E-state index in [9.17, 15) is 9.18 Å². The minimum absolute atomic E-state index is 0.131. The zero-order chi connectivity index (χ0) is 14.3. The summed E-state index contributed by atoms with van der Waals surface area (Å²) >= 11 is 0. The summed E-state index contributed by atoms with van der Waals surface area (Å²) in [4.78, 5) is 11.7. The Kier molecular flexibility index (Phi) is 6.29. The van der Waals surface area contributed by atoms with E-state index in [1.165, 1.54) is 24.3 Å². The van der Waals surface area contributed by atoms with Gasteiger partial charge >= 0.3 is 5.97 Å². The molecule has 1 N–H and O–H groups in total. The van der Waals surface area contributed by atoms with E-state index < -0.39 is 6.04 Å². The molecule has 0 spiro atoms. The van der Waals surface area contributed by atoms with Crippen molar-refractivity contribution in [3.8, 4) is 5.75 Å². The monoisotopic (exact) mass is 269 g/mol. The van der Waals surface area contributed by atoms with Crippen LogP contribution in [0.2, 0.25) is 0 Å². The van der Waals surface area contributed by atoms with Crippen LogP contribution in [0.25, 0.3) is 0 Å². The second-order valence-corrected chi connectivity index (χ2v) is 4.39. The number of nitrogens with one attached hydrogen (secondary N) is 1. The van der Waals surface area contributed by atoms with Crippen LogP contribution >= 0.6 is 0 Å². The number of benzene rings is 1. The first-order valence-corrected chi connectivity index (χ1v) is 6.34. The molecule has 19 heavy (non-hydrogen) atoms. The zero-order valence-corrected chi connectivity index (χ0v) is 11.5. The van der Waals surface area contributed by atoms with E-state index in [-0.39, 0.29) is 24.4 Å². The highest BCUT2D eigenvalue weighted by Gasteiger charge is 2.21. The summed E-state index contributed by atoms with van der Waals surface area (Å²) < 4.78 is 23.2. The number of halogens is 1. The number of esters is 1. The van der Waals surface area contributed by atoms with Crippen molar-refractivity contribution in [2.75, 3.05) is 13.2 Å². The van der Waals surface area contributed by atoms with Gasteiger partial charge in [-0.15, -0.1) is 0 Å². The molecule has 0 aliphatic carbocycles. The summed E-state index contributed by atoms with van der Waals surface area (Å²) in [6, 6.07) is 5.26. The molecule has 5 heteroatoms. The van der Waals surface area contributed by atoms with Gasteiger partial charge in [-0.05, 0) is 31.2 Å². The van der Waals surface area contributed by atoms with Crippen molar-refractivity contribution in [2.45, 2.75) is 32.9 Å². The lowest BCUT2D eigenvalue weighted by Gasteiger charge is -2.20. The molecule has 1 aromatic carbocycles. The van der Waals surface area contributed by atoms with Crippen molar-refractivity contribution in [3.05, 3.63) is 30.1 Å². The van der Waals surface area contributed by atoms with E-state index in [4.69, 9.17) is 9.47 Å². The van der Waals surface area contributed by atoms with Crippen LogP contribution in [-0.2, 0) is 9.53 Å². The molecule has 0 bridgehead atoms. The topological polar surface area (TPSA) is 47.6 Å². The summed E-state index contributed by atoms with van der Waals surface area (Å²) in [5.74, 6) is -0.158.